The predicted molar refractivity (Wildman–Crippen MR) is 80.9 cm³/mol. The molecule has 0 bridgehead atoms. The Balaban J connectivity index is 1.59. The third kappa shape index (κ3) is 3.31. The Labute approximate surface area is 124 Å². The molecule has 1 saturated carbocycles. The van der Waals surface area contributed by atoms with E-state index >= 15 is 0 Å². The van der Waals surface area contributed by atoms with Crippen LogP contribution in [-0.2, 0) is 13.0 Å². The van der Waals surface area contributed by atoms with E-state index in [-0.39, 0.29) is 5.91 Å². The summed E-state index contributed by atoms with van der Waals surface area (Å²) in [6.45, 7) is 1.14. The van der Waals surface area contributed by atoms with Crippen LogP contribution in [0.5, 0.6) is 0 Å². The maximum Gasteiger partial charge on any atom is 0.251 e. The lowest BCUT2D eigenvalue weighted by Crippen LogP contribution is -2.24. The van der Waals surface area contributed by atoms with E-state index in [0.29, 0.717) is 24.7 Å². The normalized spacial score (nSPS) is 14.1. The fourth-order valence-corrected chi connectivity index (χ4v) is 2.41. The smallest absolute Gasteiger partial charge is 0.251 e. The van der Waals surface area contributed by atoms with Crippen LogP contribution in [0.25, 0.3) is 0 Å². The van der Waals surface area contributed by atoms with Crippen molar-refractivity contribution in [1.29, 1.82) is 0 Å². The number of imidazole rings is 1. The minimum Gasteiger partial charge on any atom is -0.346 e. The average Bonchev–Trinajstić information content (AvgIpc) is 3.24. The topological polar surface area (TPSA) is 72.9 Å². The highest BCUT2D eigenvalue weighted by Crippen LogP contribution is 2.35. The summed E-state index contributed by atoms with van der Waals surface area (Å²) in [5.74, 6) is -0.0576. The molecule has 0 saturated heterocycles. The second-order valence-electron chi connectivity index (χ2n) is 5.44. The number of nitrogens with two attached hydrogens (primary N) is 1. The standard InChI is InChI=1S/C16H20N4O/c17-8-7-12-1-3-13(4-2-12)16(21)19-10-15-9-18-11-20(15)14-5-6-14/h1-4,9,11,14H,5-8,10,17H2,(H,19,21). The van der Waals surface area contributed by atoms with Gasteiger partial charge in [-0.05, 0) is 43.5 Å². The fraction of sp³-hybridized carbons (Fsp3) is 0.375. The Bertz CT molecular complexity index is 613. The van der Waals surface area contributed by atoms with Gasteiger partial charge in [0.25, 0.3) is 5.91 Å². The van der Waals surface area contributed by atoms with Crippen LogP contribution in [0.15, 0.2) is 36.8 Å². The van der Waals surface area contributed by atoms with E-state index in [0.717, 1.165) is 17.7 Å². The zero-order valence-electron chi connectivity index (χ0n) is 12.0. The molecule has 1 aliphatic carbocycles. The second kappa shape index (κ2) is 6.10. The van der Waals surface area contributed by atoms with Crippen LogP contribution in [0.1, 0.15) is 40.5 Å². The summed E-state index contributed by atoms with van der Waals surface area (Å²) in [6.07, 6.45) is 6.92. The summed E-state index contributed by atoms with van der Waals surface area (Å²) in [5.41, 5.74) is 8.41. The maximum atomic E-state index is 12.1. The molecule has 3 rings (SSSR count). The molecule has 110 valence electrons. The van der Waals surface area contributed by atoms with Crippen LogP contribution < -0.4 is 11.1 Å². The average molecular weight is 284 g/mol. The molecule has 1 fully saturated rings. The number of rotatable bonds is 6. The molecule has 1 heterocycles. The van der Waals surface area contributed by atoms with Crippen LogP contribution in [-0.4, -0.2) is 22.0 Å². The van der Waals surface area contributed by atoms with Crippen LogP contribution in [0.3, 0.4) is 0 Å². The molecule has 0 aliphatic heterocycles. The van der Waals surface area contributed by atoms with Crippen LogP contribution in [0.2, 0.25) is 0 Å². The molecule has 3 N–H and O–H groups in total. The van der Waals surface area contributed by atoms with Crippen molar-refractivity contribution >= 4 is 5.91 Å². The molecule has 0 unspecified atom stereocenters. The molecular weight excluding hydrogens is 264 g/mol. The molecular formula is C16H20N4O. The number of carbonyl (C=O) groups is 1. The van der Waals surface area contributed by atoms with E-state index in [1.54, 1.807) is 0 Å². The molecule has 0 radical (unpaired) electrons. The molecule has 21 heavy (non-hydrogen) atoms. The van der Waals surface area contributed by atoms with Gasteiger partial charge in [0.05, 0.1) is 18.6 Å². The van der Waals surface area contributed by atoms with Gasteiger partial charge in [-0.2, -0.15) is 0 Å². The number of nitrogens with one attached hydrogen (secondary N) is 1. The van der Waals surface area contributed by atoms with Gasteiger partial charge >= 0.3 is 0 Å². The zero-order chi connectivity index (χ0) is 14.7. The highest BCUT2D eigenvalue weighted by Gasteiger charge is 2.25. The largest absolute Gasteiger partial charge is 0.346 e. The molecule has 1 amide bonds. The number of hydrogen-bond donors (Lipinski definition) is 2. The molecule has 1 aliphatic rings. The summed E-state index contributed by atoms with van der Waals surface area (Å²) < 4.78 is 2.16. The van der Waals surface area contributed by atoms with E-state index in [4.69, 9.17) is 5.73 Å². The second-order valence-corrected chi connectivity index (χ2v) is 5.44. The van der Waals surface area contributed by atoms with Crippen LogP contribution in [0, 0.1) is 0 Å². The van der Waals surface area contributed by atoms with Gasteiger partial charge < -0.3 is 15.6 Å². The number of hydrogen-bond acceptors (Lipinski definition) is 3. The highest BCUT2D eigenvalue weighted by atomic mass is 16.1. The quantitative estimate of drug-likeness (QED) is 0.847. The number of amides is 1. The summed E-state index contributed by atoms with van der Waals surface area (Å²) >= 11 is 0. The monoisotopic (exact) mass is 284 g/mol. The minimum absolute atomic E-state index is 0.0576. The van der Waals surface area contributed by atoms with E-state index in [1.807, 2.05) is 36.8 Å². The SMILES string of the molecule is NCCc1ccc(C(=O)NCc2cncn2C2CC2)cc1. The maximum absolute atomic E-state index is 12.1. The lowest BCUT2D eigenvalue weighted by atomic mass is 10.1. The van der Waals surface area contributed by atoms with Gasteiger partial charge in [-0.25, -0.2) is 4.98 Å². The Morgan fingerprint density at radius 3 is 2.76 bits per heavy atom. The molecule has 5 heteroatoms. The Kier molecular flexibility index (Phi) is 4.01. The van der Waals surface area contributed by atoms with Gasteiger partial charge in [0.15, 0.2) is 0 Å². The molecule has 0 atom stereocenters. The first-order chi connectivity index (χ1) is 10.3. The Morgan fingerprint density at radius 1 is 1.33 bits per heavy atom. The number of nitrogens with zero attached hydrogens (tertiary/aromatic N) is 2. The highest BCUT2D eigenvalue weighted by molar-refractivity contribution is 5.94. The third-order valence-electron chi connectivity index (χ3n) is 3.77. The molecule has 1 aromatic heterocycles. The number of aromatic nitrogens is 2. The summed E-state index contributed by atoms with van der Waals surface area (Å²) in [4.78, 5) is 16.3. The van der Waals surface area contributed by atoms with Crippen molar-refractivity contribution < 1.29 is 4.79 Å². The van der Waals surface area contributed by atoms with E-state index in [9.17, 15) is 4.79 Å². The molecule has 2 aromatic rings. The zero-order valence-corrected chi connectivity index (χ0v) is 12.0. The Hall–Kier alpha value is -2.14. The van der Waals surface area contributed by atoms with Crippen molar-refractivity contribution in [2.75, 3.05) is 6.54 Å². The number of carbonyl (C=O) groups excluding carboxylic acids is 1. The first-order valence-electron chi connectivity index (χ1n) is 7.36. The summed E-state index contributed by atoms with van der Waals surface area (Å²) in [5, 5.41) is 2.95. The first kappa shape index (κ1) is 13.8. The van der Waals surface area contributed by atoms with E-state index in [1.165, 1.54) is 12.8 Å². The van der Waals surface area contributed by atoms with Crippen molar-refractivity contribution in [2.24, 2.45) is 5.73 Å². The summed E-state index contributed by atoms with van der Waals surface area (Å²) in [6, 6.07) is 8.18. The number of benzene rings is 1. The van der Waals surface area contributed by atoms with Crippen LogP contribution >= 0.6 is 0 Å². The van der Waals surface area contributed by atoms with Crippen molar-refractivity contribution in [3.63, 3.8) is 0 Å². The molecule has 5 nitrogen and oxygen atoms in total. The fourth-order valence-electron chi connectivity index (χ4n) is 2.41. The summed E-state index contributed by atoms with van der Waals surface area (Å²) in [7, 11) is 0. The minimum atomic E-state index is -0.0576. The van der Waals surface area contributed by atoms with Gasteiger partial charge in [0, 0.05) is 17.8 Å². The first-order valence-corrected chi connectivity index (χ1v) is 7.36. The lowest BCUT2D eigenvalue weighted by molar-refractivity contribution is 0.0950. The lowest BCUT2D eigenvalue weighted by Gasteiger charge is -2.08. The van der Waals surface area contributed by atoms with Crippen molar-refractivity contribution in [2.45, 2.75) is 31.8 Å². The van der Waals surface area contributed by atoms with Gasteiger partial charge in [-0.3, -0.25) is 4.79 Å². The van der Waals surface area contributed by atoms with Crippen molar-refractivity contribution in [3.05, 3.63) is 53.6 Å². The third-order valence-corrected chi connectivity index (χ3v) is 3.77. The Morgan fingerprint density at radius 2 is 2.10 bits per heavy atom. The van der Waals surface area contributed by atoms with Gasteiger partial charge in [0.2, 0.25) is 0 Å². The molecule has 1 aromatic carbocycles. The van der Waals surface area contributed by atoms with Gasteiger partial charge in [0.1, 0.15) is 0 Å². The predicted octanol–water partition coefficient (Wildman–Crippen LogP) is 1.65. The van der Waals surface area contributed by atoms with Gasteiger partial charge in [-0.15, -0.1) is 0 Å². The van der Waals surface area contributed by atoms with E-state index in [2.05, 4.69) is 14.9 Å². The van der Waals surface area contributed by atoms with Crippen molar-refractivity contribution in [3.8, 4) is 0 Å². The van der Waals surface area contributed by atoms with Crippen molar-refractivity contribution in [1.82, 2.24) is 14.9 Å². The van der Waals surface area contributed by atoms with E-state index < -0.39 is 0 Å². The van der Waals surface area contributed by atoms with Gasteiger partial charge in [-0.1, -0.05) is 12.1 Å². The molecule has 0 spiro atoms. The van der Waals surface area contributed by atoms with Crippen LogP contribution in [0.4, 0.5) is 0 Å².